The fraction of sp³-hybridized carbons (Fsp3) is 0.308. The van der Waals surface area contributed by atoms with Crippen LogP contribution in [0, 0.1) is 0 Å². The highest BCUT2D eigenvalue weighted by atomic mass is 16.1. The van der Waals surface area contributed by atoms with E-state index in [4.69, 9.17) is 0 Å². The van der Waals surface area contributed by atoms with Gasteiger partial charge in [0, 0.05) is 24.8 Å². The molecule has 0 saturated carbocycles. The lowest BCUT2D eigenvalue weighted by atomic mass is 9.98. The lowest BCUT2D eigenvalue weighted by molar-refractivity contribution is 0.103. The van der Waals surface area contributed by atoms with Crippen LogP contribution in [0.15, 0.2) is 24.4 Å². The van der Waals surface area contributed by atoms with E-state index >= 15 is 0 Å². The van der Waals surface area contributed by atoms with Crippen molar-refractivity contribution in [2.24, 2.45) is 7.05 Å². The van der Waals surface area contributed by atoms with Crippen molar-refractivity contribution < 1.29 is 4.79 Å². The topological polar surface area (TPSA) is 59.8 Å². The first-order chi connectivity index (χ1) is 8.75. The fourth-order valence-corrected chi connectivity index (χ4v) is 2.26. The molecule has 1 aromatic carbocycles. The quantitative estimate of drug-likeness (QED) is 0.809. The van der Waals surface area contributed by atoms with Crippen LogP contribution < -0.4 is 5.32 Å². The minimum absolute atomic E-state index is 0.0316. The number of benzene rings is 1. The molecule has 0 saturated heterocycles. The molecule has 1 aliphatic rings. The number of aromatic nitrogens is 3. The van der Waals surface area contributed by atoms with E-state index in [0.717, 1.165) is 25.1 Å². The van der Waals surface area contributed by atoms with Crippen LogP contribution in [0.2, 0.25) is 0 Å². The number of ketones is 1. The maximum atomic E-state index is 12.3. The van der Waals surface area contributed by atoms with Gasteiger partial charge in [-0.15, -0.1) is 5.10 Å². The molecule has 0 aliphatic carbocycles. The first-order valence-electron chi connectivity index (χ1n) is 6.02. The summed E-state index contributed by atoms with van der Waals surface area (Å²) >= 11 is 0. The summed E-state index contributed by atoms with van der Waals surface area (Å²) in [5, 5.41) is 10.9. The normalized spacial score (nSPS) is 13.8. The third-order valence-electron chi connectivity index (χ3n) is 3.25. The number of hydrogen-bond donors (Lipinski definition) is 1. The second-order valence-corrected chi connectivity index (χ2v) is 4.47. The van der Waals surface area contributed by atoms with Crippen LogP contribution >= 0.6 is 0 Å². The van der Waals surface area contributed by atoms with Crippen LogP contribution in [0.1, 0.15) is 28.0 Å². The number of nitrogens with zero attached hydrogens (tertiary/aromatic N) is 3. The lowest BCUT2D eigenvalue weighted by Gasteiger charge is -2.18. The zero-order valence-electron chi connectivity index (χ0n) is 10.2. The fourth-order valence-electron chi connectivity index (χ4n) is 2.26. The zero-order valence-corrected chi connectivity index (χ0v) is 10.2. The van der Waals surface area contributed by atoms with Crippen molar-refractivity contribution in [2.75, 3.05) is 11.9 Å². The Morgan fingerprint density at radius 2 is 2.33 bits per heavy atom. The summed E-state index contributed by atoms with van der Waals surface area (Å²) in [5.41, 5.74) is 3.56. The smallest absolute Gasteiger partial charge is 0.212 e. The molecule has 2 heterocycles. The summed E-state index contributed by atoms with van der Waals surface area (Å²) in [5.74, 6) is -0.0316. The van der Waals surface area contributed by atoms with E-state index < -0.39 is 0 Å². The number of carbonyl (C=O) groups excluding carboxylic acids is 1. The van der Waals surface area contributed by atoms with Gasteiger partial charge in [-0.05, 0) is 36.6 Å². The molecule has 0 amide bonds. The Bertz CT molecular complexity index is 603. The van der Waals surface area contributed by atoms with Crippen molar-refractivity contribution in [3.63, 3.8) is 0 Å². The van der Waals surface area contributed by atoms with Crippen molar-refractivity contribution in [3.05, 3.63) is 41.2 Å². The maximum absolute atomic E-state index is 12.3. The van der Waals surface area contributed by atoms with Gasteiger partial charge in [0.05, 0.1) is 6.20 Å². The Hall–Kier alpha value is -2.17. The van der Waals surface area contributed by atoms with Gasteiger partial charge in [0.25, 0.3) is 0 Å². The Kier molecular flexibility index (Phi) is 2.59. The molecule has 92 valence electrons. The highest BCUT2D eigenvalue weighted by Crippen LogP contribution is 2.23. The molecule has 1 N–H and O–H groups in total. The molecule has 0 atom stereocenters. The highest BCUT2D eigenvalue weighted by molar-refractivity contribution is 6.08. The molecule has 1 aromatic heterocycles. The van der Waals surface area contributed by atoms with Gasteiger partial charge in [0.1, 0.15) is 5.69 Å². The van der Waals surface area contributed by atoms with Crippen LogP contribution in [0.25, 0.3) is 0 Å². The second kappa shape index (κ2) is 4.25. The van der Waals surface area contributed by atoms with E-state index in [2.05, 4.69) is 15.6 Å². The first kappa shape index (κ1) is 11.0. The van der Waals surface area contributed by atoms with E-state index in [1.165, 1.54) is 16.4 Å². The maximum Gasteiger partial charge on any atom is 0.212 e. The van der Waals surface area contributed by atoms with Crippen molar-refractivity contribution >= 4 is 11.5 Å². The number of fused-ring (bicyclic) bond motifs is 1. The first-order valence-corrected chi connectivity index (χ1v) is 6.02. The standard InChI is InChI=1S/C13H14N4O/c1-17-12(8-15-16-17)13(18)10-4-5-11-9(7-10)3-2-6-14-11/h4-5,7-8,14H,2-3,6H2,1H3. The van der Waals surface area contributed by atoms with Gasteiger partial charge in [-0.25, -0.2) is 4.68 Å². The number of aryl methyl sites for hydroxylation is 2. The van der Waals surface area contributed by atoms with E-state index in [9.17, 15) is 4.79 Å². The monoisotopic (exact) mass is 242 g/mol. The largest absolute Gasteiger partial charge is 0.385 e. The van der Waals surface area contributed by atoms with Crippen LogP contribution in [-0.2, 0) is 13.5 Å². The van der Waals surface area contributed by atoms with E-state index in [1.54, 1.807) is 7.05 Å². The molecule has 0 radical (unpaired) electrons. The number of hydrogen-bond acceptors (Lipinski definition) is 4. The molecule has 1 aliphatic heterocycles. The molecular weight excluding hydrogens is 228 g/mol. The van der Waals surface area contributed by atoms with Gasteiger partial charge in [-0.3, -0.25) is 4.79 Å². The molecule has 5 heteroatoms. The van der Waals surface area contributed by atoms with Crippen LogP contribution in [0.3, 0.4) is 0 Å². The molecule has 18 heavy (non-hydrogen) atoms. The summed E-state index contributed by atoms with van der Waals surface area (Å²) in [6.07, 6.45) is 3.63. The average Bonchev–Trinajstić information content (AvgIpc) is 2.83. The Morgan fingerprint density at radius 3 is 3.11 bits per heavy atom. The van der Waals surface area contributed by atoms with E-state index in [-0.39, 0.29) is 5.78 Å². The number of anilines is 1. The van der Waals surface area contributed by atoms with Crippen molar-refractivity contribution in [3.8, 4) is 0 Å². The molecule has 0 bridgehead atoms. The average molecular weight is 242 g/mol. The predicted molar refractivity (Wildman–Crippen MR) is 67.7 cm³/mol. The molecular formula is C13H14N4O. The van der Waals surface area contributed by atoms with E-state index in [1.807, 2.05) is 18.2 Å². The van der Waals surface area contributed by atoms with Crippen molar-refractivity contribution in [1.82, 2.24) is 15.0 Å². The summed E-state index contributed by atoms with van der Waals surface area (Å²) in [4.78, 5) is 12.3. The Balaban J connectivity index is 1.98. The summed E-state index contributed by atoms with van der Waals surface area (Å²) < 4.78 is 1.50. The van der Waals surface area contributed by atoms with Crippen molar-refractivity contribution in [1.29, 1.82) is 0 Å². The zero-order chi connectivity index (χ0) is 12.5. The molecule has 3 rings (SSSR count). The summed E-state index contributed by atoms with van der Waals surface area (Å²) in [6.45, 7) is 1.01. The summed E-state index contributed by atoms with van der Waals surface area (Å²) in [7, 11) is 1.72. The van der Waals surface area contributed by atoms with E-state index in [0.29, 0.717) is 11.3 Å². The van der Waals surface area contributed by atoms with Gasteiger partial charge in [-0.2, -0.15) is 0 Å². The molecule has 0 spiro atoms. The third-order valence-corrected chi connectivity index (χ3v) is 3.25. The van der Waals surface area contributed by atoms with Gasteiger partial charge >= 0.3 is 0 Å². The second-order valence-electron chi connectivity index (χ2n) is 4.47. The van der Waals surface area contributed by atoms with Crippen LogP contribution in [0.5, 0.6) is 0 Å². The van der Waals surface area contributed by atoms with Crippen molar-refractivity contribution in [2.45, 2.75) is 12.8 Å². The minimum atomic E-state index is -0.0316. The third kappa shape index (κ3) is 1.77. The van der Waals surface area contributed by atoms with Gasteiger partial charge in [0.2, 0.25) is 5.78 Å². The molecule has 0 fully saturated rings. The number of carbonyl (C=O) groups is 1. The summed E-state index contributed by atoms with van der Waals surface area (Å²) in [6, 6.07) is 5.80. The molecule has 0 unspecified atom stereocenters. The Morgan fingerprint density at radius 1 is 1.44 bits per heavy atom. The SMILES string of the molecule is Cn1nncc1C(=O)c1ccc2c(c1)CCCN2. The van der Waals surface area contributed by atoms with Crippen LogP contribution in [-0.4, -0.2) is 27.3 Å². The molecule has 5 nitrogen and oxygen atoms in total. The number of rotatable bonds is 2. The Labute approximate surface area is 105 Å². The lowest BCUT2D eigenvalue weighted by Crippen LogP contribution is -2.13. The van der Waals surface area contributed by atoms with Gasteiger partial charge < -0.3 is 5.32 Å². The predicted octanol–water partition coefficient (Wildman–Crippen LogP) is 1.40. The van der Waals surface area contributed by atoms with Crippen LogP contribution in [0.4, 0.5) is 5.69 Å². The number of nitrogens with one attached hydrogen (secondary N) is 1. The van der Waals surface area contributed by atoms with Gasteiger partial charge in [0.15, 0.2) is 0 Å². The minimum Gasteiger partial charge on any atom is -0.385 e. The molecule has 2 aromatic rings. The van der Waals surface area contributed by atoms with Gasteiger partial charge in [-0.1, -0.05) is 5.21 Å². The highest BCUT2D eigenvalue weighted by Gasteiger charge is 2.16.